The van der Waals surface area contributed by atoms with Crippen molar-refractivity contribution in [3.05, 3.63) is 65.2 Å². The number of hydrogen-bond acceptors (Lipinski definition) is 4. The molecule has 5 heteroatoms. The molecule has 2 N–H and O–H groups in total. The van der Waals surface area contributed by atoms with Gasteiger partial charge in [0.1, 0.15) is 0 Å². The Hall–Kier alpha value is -2.82. The predicted molar refractivity (Wildman–Crippen MR) is 78.5 cm³/mol. The lowest BCUT2D eigenvalue weighted by Gasteiger charge is -2.10. The van der Waals surface area contributed by atoms with Crippen LogP contribution < -0.4 is 5.32 Å². The lowest BCUT2D eigenvalue weighted by Crippen LogP contribution is -2.08. The van der Waals surface area contributed by atoms with Gasteiger partial charge in [-0.3, -0.25) is 0 Å². The third-order valence-corrected chi connectivity index (χ3v) is 3.02. The van der Waals surface area contributed by atoms with E-state index in [1.54, 1.807) is 42.5 Å². The number of carboxylic acid groups (broad SMARTS) is 1. The van der Waals surface area contributed by atoms with Crippen LogP contribution in [0.4, 0.5) is 5.69 Å². The summed E-state index contributed by atoms with van der Waals surface area (Å²) in [5, 5.41) is 12.0. The monoisotopic (exact) mass is 285 g/mol. The summed E-state index contributed by atoms with van der Waals surface area (Å²) in [7, 11) is 1.34. The highest BCUT2D eigenvalue weighted by Gasteiger charge is 2.10. The fraction of sp³-hybridized carbons (Fsp3) is 0.125. The van der Waals surface area contributed by atoms with Crippen molar-refractivity contribution in [3.8, 4) is 0 Å². The number of anilines is 1. The Morgan fingerprint density at radius 2 is 1.76 bits per heavy atom. The molecule has 2 rings (SSSR count). The quantitative estimate of drug-likeness (QED) is 0.826. The van der Waals surface area contributed by atoms with E-state index in [-0.39, 0.29) is 5.56 Å². The average Bonchev–Trinajstić information content (AvgIpc) is 2.52. The second-order valence-electron chi connectivity index (χ2n) is 4.39. The molecule has 0 unspecified atom stereocenters. The molecule has 0 amide bonds. The Morgan fingerprint density at radius 3 is 2.38 bits per heavy atom. The van der Waals surface area contributed by atoms with Crippen molar-refractivity contribution in [1.82, 2.24) is 0 Å². The molecule has 108 valence electrons. The molecule has 0 aromatic heterocycles. The van der Waals surface area contributed by atoms with Crippen molar-refractivity contribution < 1.29 is 19.4 Å². The Morgan fingerprint density at radius 1 is 1.10 bits per heavy atom. The smallest absolute Gasteiger partial charge is 0.339 e. The molecule has 0 atom stereocenters. The van der Waals surface area contributed by atoms with Crippen LogP contribution in [0.1, 0.15) is 26.3 Å². The van der Waals surface area contributed by atoms with Gasteiger partial charge < -0.3 is 15.2 Å². The zero-order chi connectivity index (χ0) is 15.2. The number of para-hydroxylation sites is 1. The normalized spacial score (nSPS) is 9.95. The molecule has 0 spiro atoms. The fourth-order valence-electron chi connectivity index (χ4n) is 1.89. The molecule has 21 heavy (non-hydrogen) atoms. The minimum atomic E-state index is -0.953. The summed E-state index contributed by atoms with van der Waals surface area (Å²) >= 11 is 0. The van der Waals surface area contributed by atoms with Crippen LogP contribution in [0.5, 0.6) is 0 Å². The maximum absolute atomic E-state index is 11.6. The number of rotatable bonds is 5. The lowest BCUT2D eigenvalue weighted by atomic mass is 10.1. The van der Waals surface area contributed by atoms with E-state index in [1.165, 1.54) is 7.11 Å². The van der Waals surface area contributed by atoms with Crippen LogP contribution >= 0.6 is 0 Å². The van der Waals surface area contributed by atoms with Gasteiger partial charge in [0.2, 0.25) is 0 Å². The highest BCUT2D eigenvalue weighted by molar-refractivity contribution is 5.95. The SMILES string of the molecule is COC(=O)c1ccccc1NCc1ccc(C(=O)O)cc1. The Bertz CT molecular complexity index is 650. The van der Waals surface area contributed by atoms with E-state index in [0.717, 1.165) is 5.56 Å². The molecule has 0 aliphatic heterocycles. The summed E-state index contributed by atoms with van der Waals surface area (Å²) in [5.41, 5.74) is 2.29. The Labute approximate surface area is 122 Å². The van der Waals surface area contributed by atoms with Crippen molar-refractivity contribution in [1.29, 1.82) is 0 Å². The first kappa shape index (κ1) is 14.6. The maximum atomic E-state index is 11.6. The van der Waals surface area contributed by atoms with Gasteiger partial charge in [-0.25, -0.2) is 9.59 Å². The van der Waals surface area contributed by atoms with Gasteiger partial charge in [0, 0.05) is 12.2 Å². The summed E-state index contributed by atoms with van der Waals surface area (Å²) in [4.78, 5) is 22.4. The molecule has 0 bridgehead atoms. The third kappa shape index (κ3) is 3.60. The van der Waals surface area contributed by atoms with Gasteiger partial charge in [-0.15, -0.1) is 0 Å². The van der Waals surface area contributed by atoms with Crippen LogP contribution in [-0.4, -0.2) is 24.2 Å². The zero-order valence-corrected chi connectivity index (χ0v) is 11.5. The molecule has 0 aliphatic carbocycles. The van der Waals surface area contributed by atoms with Crippen LogP contribution in [0.2, 0.25) is 0 Å². The zero-order valence-electron chi connectivity index (χ0n) is 11.5. The number of carbonyl (C=O) groups excluding carboxylic acids is 1. The first-order valence-corrected chi connectivity index (χ1v) is 6.35. The van der Waals surface area contributed by atoms with E-state index in [1.807, 2.05) is 6.07 Å². The number of hydrogen-bond donors (Lipinski definition) is 2. The van der Waals surface area contributed by atoms with Crippen LogP contribution in [0.15, 0.2) is 48.5 Å². The van der Waals surface area contributed by atoms with E-state index in [2.05, 4.69) is 5.32 Å². The first-order valence-electron chi connectivity index (χ1n) is 6.35. The minimum absolute atomic E-state index is 0.244. The summed E-state index contributed by atoms with van der Waals surface area (Å²) in [6, 6.07) is 13.6. The number of esters is 1. The number of benzene rings is 2. The second kappa shape index (κ2) is 6.56. The van der Waals surface area contributed by atoms with Crippen LogP contribution in [-0.2, 0) is 11.3 Å². The van der Waals surface area contributed by atoms with Gasteiger partial charge in [-0.05, 0) is 29.8 Å². The van der Waals surface area contributed by atoms with Crippen molar-refractivity contribution in [3.63, 3.8) is 0 Å². The molecular formula is C16H15NO4. The topological polar surface area (TPSA) is 75.6 Å². The highest BCUT2D eigenvalue weighted by Crippen LogP contribution is 2.17. The number of nitrogens with one attached hydrogen (secondary N) is 1. The number of carbonyl (C=O) groups is 2. The molecule has 0 saturated heterocycles. The first-order chi connectivity index (χ1) is 10.1. The van der Waals surface area contributed by atoms with Crippen molar-refractivity contribution in [2.75, 3.05) is 12.4 Å². The Kier molecular flexibility index (Phi) is 4.56. The molecule has 0 aliphatic rings. The summed E-state index contributed by atoms with van der Waals surface area (Å²) in [6.45, 7) is 0.480. The van der Waals surface area contributed by atoms with E-state index in [4.69, 9.17) is 9.84 Å². The molecule has 5 nitrogen and oxygen atoms in total. The predicted octanol–water partition coefficient (Wildman–Crippen LogP) is 2.78. The van der Waals surface area contributed by atoms with Crippen molar-refractivity contribution in [2.45, 2.75) is 6.54 Å². The molecule has 0 saturated carbocycles. The molecule has 2 aromatic carbocycles. The number of methoxy groups -OCH3 is 1. The molecule has 2 aromatic rings. The van der Waals surface area contributed by atoms with Gasteiger partial charge in [-0.1, -0.05) is 24.3 Å². The molecule has 0 heterocycles. The average molecular weight is 285 g/mol. The lowest BCUT2D eigenvalue weighted by molar-refractivity contribution is 0.0601. The maximum Gasteiger partial charge on any atom is 0.339 e. The van der Waals surface area contributed by atoms with Gasteiger partial charge in [0.25, 0.3) is 0 Å². The fourth-order valence-corrected chi connectivity index (χ4v) is 1.89. The minimum Gasteiger partial charge on any atom is -0.478 e. The summed E-state index contributed by atoms with van der Waals surface area (Å²) in [6.07, 6.45) is 0. The van der Waals surface area contributed by atoms with Crippen LogP contribution in [0.25, 0.3) is 0 Å². The molecule has 0 radical (unpaired) electrons. The largest absolute Gasteiger partial charge is 0.478 e. The van der Waals surface area contributed by atoms with E-state index in [9.17, 15) is 9.59 Å². The van der Waals surface area contributed by atoms with Gasteiger partial charge in [0.15, 0.2) is 0 Å². The van der Waals surface area contributed by atoms with Crippen LogP contribution in [0.3, 0.4) is 0 Å². The van der Waals surface area contributed by atoms with Gasteiger partial charge in [-0.2, -0.15) is 0 Å². The number of ether oxygens (including phenoxy) is 1. The van der Waals surface area contributed by atoms with E-state index < -0.39 is 11.9 Å². The third-order valence-electron chi connectivity index (χ3n) is 3.02. The second-order valence-corrected chi connectivity index (χ2v) is 4.39. The van der Waals surface area contributed by atoms with E-state index >= 15 is 0 Å². The van der Waals surface area contributed by atoms with Gasteiger partial charge >= 0.3 is 11.9 Å². The van der Waals surface area contributed by atoms with Crippen molar-refractivity contribution >= 4 is 17.6 Å². The Balaban J connectivity index is 2.09. The number of aromatic carboxylic acids is 1. The standard InChI is InChI=1S/C16H15NO4/c1-21-16(20)13-4-2-3-5-14(13)17-10-11-6-8-12(9-7-11)15(18)19/h2-9,17H,10H2,1H3,(H,18,19). The van der Waals surface area contributed by atoms with Gasteiger partial charge in [0.05, 0.1) is 18.2 Å². The molecular weight excluding hydrogens is 270 g/mol. The highest BCUT2D eigenvalue weighted by atomic mass is 16.5. The molecule has 0 fully saturated rings. The summed E-state index contributed by atoms with van der Waals surface area (Å²) in [5.74, 6) is -1.36. The van der Waals surface area contributed by atoms with E-state index in [0.29, 0.717) is 17.8 Å². The summed E-state index contributed by atoms with van der Waals surface area (Å²) < 4.78 is 4.73. The number of carboxylic acids is 1. The van der Waals surface area contributed by atoms with Crippen molar-refractivity contribution in [2.24, 2.45) is 0 Å². The van der Waals surface area contributed by atoms with Crippen LogP contribution in [0, 0.1) is 0 Å².